The van der Waals surface area contributed by atoms with E-state index in [0.29, 0.717) is 11.3 Å². The number of hydrogen-bond acceptors (Lipinski definition) is 5. The van der Waals surface area contributed by atoms with Gasteiger partial charge in [-0.2, -0.15) is 5.10 Å². The van der Waals surface area contributed by atoms with Crippen LogP contribution in [-0.4, -0.2) is 21.7 Å². The highest BCUT2D eigenvalue weighted by atomic mass is 32.1. The van der Waals surface area contributed by atoms with Gasteiger partial charge in [-0.05, 0) is 54.2 Å². The van der Waals surface area contributed by atoms with Crippen molar-refractivity contribution in [2.45, 2.75) is 65.3 Å². The quantitative estimate of drug-likeness (QED) is 0.466. The molecule has 32 heavy (non-hydrogen) atoms. The second kappa shape index (κ2) is 8.62. The standard InChI is InChI=1S/C25H30N4O2S/c1-15-6-11-19-20(12-15)32-23-21(19)24(31)29(14-26-23)16(2)22(30)28-27-13-17-7-9-18(10-8-17)25(3,4)5/h7-10,13-16H,6,11-12H2,1-5H3,(H,28,30)/b27-13-. The van der Waals surface area contributed by atoms with E-state index in [1.807, 2.05) is 12.1 Å². The van der Waals surface area contributed by atoms with Gasteiger partial charge in [-0.15, -0.1) is 11.3 Å². The summed E-state index contributed by atoms with van der Waals surface area (Å²) in [6, 6.07) is 7.37. The van der Waals surface area contributed by atoms with Crippen molar-refractivity contribution in [3.63, 3.8) is 0 Å². The second-order valence-electron chi connectivity index (χ2n) is 9.77. The first-order chi connectivity index (χ1) is 15.1. The van der Waals surface area contributed by atoms with Crippen LogP contribution in [0.2, 0.25) is 0 Å². The molecule has 2 atom stereocenters. The number of fused-ring (bicyclic) bond motifs is 3. The number of carbonyl (C=O) groups excluding carboxylic acids is 1. The molecule has 0 saturated carbocycles. The molecule has 2 unspecified atom stereocenters. The molecule has 1 N–H and O–H groups in total. The maximum atomic E-state index is 13.2. The number of thiophene rings is 1. The molecular formula is C25H30N4O2S. The number of nitrogens with zero attached hydrogens (tertiary/aromatic N) is 3. The Bertz CT molecular complexity index is 1230. The molecule has 1 aromatic carbocycles. The minimum atomic E-state index is -0.710. The summed E-state index contributed by atoms with van der Waals surface area (Å²) in [6.45, 7) is 10.4. The van der Waals surface area contributed by atoms with Crippen molar-refractivity contribution in [1.82, 2.24) is 15.0 Å². The second-order valence-corrected chi connectivity index (χ2v) is 10.9. The Morgan fingerprint density at radius 1 is 1.31 bits per heavy atom. The number of aromatic nitrogens is 2. The van der Waals surface area contributed by atoms with E-state index in [4.69, 9.17) is 0 Å². The lowest BCUT2D eigenvalue weighted by molar-refractivity contribution is -0.123. The number of nitrogens with one attached hydrogen (secondary N) is 1. The molecule has 6 nitrogen and oxygen atoms in total. The third-order valence-corrected chi connectivity index (χ3v) is 7.36. The zero-order chi connectivity index (χ0) is 23.0. The topological polar surface area (TPSA) is 76.3 Å². The molecule has 1 amide bonds. The summed E-state index contributed by atoms with van der Waals surface area (Å²) in [5, 5.41) is 4.76. The number of rotatable bonds is 4. The molecule has 0 bridgehead atoms. The van der Waals surface area contributed by atoms with E-state index in [2.05, 4.69) is 55.3 Å². The van der Waals surface area contributed by atoms with Crippen molar-refractivity contribution >= 4 is 33.7 Å². The number of amides is 1. The largest absolute Gasteiger partial charge is 0.286 e. The number of aryl methyl sites for hydroxylation is 1. The van der Waals surface area contributed by atoms with E-state index in [1.54, 1.807) is 24.5 Å². The average molecular weight is 451 g/mol. The van der Waals surface area contributed by atoms with Gasteiger partial charge >= 0.3 is 0 Å². The maximum absolute atomic E-state index is 13.2. The molecule has 0 radical (unpaired) electrons. The number of hydrogen-bond donors (Lipinski definition) is 1. The van der Waals surface area contributed by atoms with Crippen molar-refractivity contribution in [2.75, 3.05) is 0 Å². The number of carbonyl (C=O) groups is 1. The Morgan fingerprint density at radius 2 is 2.03 bits per heavy atom. The lowest BCUT2D eigenvalue weighted by Crippen LogP contribution is -2.34. The fourth-order valence-corrected chi connectivity index (χ4v) is 5.42. The van der Waals surface area contributed by atoms with Gasteiger partial charge in [0.15, 0.2) is 0 Å². The van der Waals surface area contributed by atoms with Gasteiger partial charge in [-0.3, -0.25) is 14.2 Å². The Morgan fingerprint density at radius 3 is 2.72 bits per heavy atom. The van der Waals surface area contributed by atoms with Crippen LogP contribution in [0.1, 0.15) is 68.6 Å². The van der Waals surface area contributed by atoms with Crippen molar-refractivity contribution in [3.8, 4) is 0 Å². The molecule has 0 aliphatic heterocycles. The van der Waals surface area contributed by atoms with E-state index in [9.17, 15) is 9.59 Å². The number of benzene rings is 1. The van der Waals surface area contributed by atoms with Gasteiger partial charge in [0.05, 0.1) is 17.9 Å². The van der Waals surface area contributed by atoms with Crippen molar-refractivity contribution in [3.05, 3.63) is 62.5 Å². The molecule has 2 aromatic heterocycles. The van der Waals surface area contributed by atoms with E-state index >= 15 is 0 Å². The normalized spacial score (nSPS) is 17.5. The van der Waals surface area contributed by atoms with Crippen molar-refractivity contribution in [2.24, 2.45) is 11.0 Å². The van der Waals surface area contributed by atoms with Gasteiger partial charge in [0, 0.05) is 4.88 Å². The third kappa shape index (κ3) is 4.39. The summed E-state index contributed by atoms with van der Waals surface area (Å²) in [5.41, 5.74) is 5.75. The first-order valence-electron chi connectivity index (χ1n) is 11.1. The molecule has 4 rings (SSSR count). The first-order valence-corrected chi connectivity index (χ1v) is 11.9. The number of hydrazone groups is 1. The monoisotopic (exact) mass is 450 g/mol. The van der Waals surface area contributed by atoms with Crippen LogP contribution in [0, 0.1) is 5.92 Å². The molecule has 1 aliphatic carbocycles. The van der Waals surface area contributed by atoms with Crippen LogP contribution in [0.15, 0.2) is 40.5 Å². The Hall–Kier alpha value is -2.80. The van der Waals surface area contributed by atoms with Gasteiger partial charge in [-0.25, -0.2) is 10.4 Å². The molecule has 3 aromatic rings. The summed E-state index contributed by atoms with van der Waals surface area (Å²) >= 11 is 1.61. The van der Waals surface area contributed by atoms with Gasteiger partial charge in [0.1, 0.15) is 10.9 Å². The smallest absolute Gasteiger partial charge is 0.263 e. The maximum Gasteiger partial charge on any atom is 0.263 e. The molecular weight excluding hydrogens is 420 g/mol. The summed E-state index contributed by atoms with van der Waals surface area (Å²) in [4.78, 5) is 32.4. The first kappa shape index (κ1) is 22.4. The molecule has 7 heteroatoms. The minimum Gasteiger partial charge on any atom is -0.286 e. The molecule has 168 valence electrons. The van der Waals surface area contributed by atoms with Crippen LogP contribution in [0.5, 0.6) is 0 Å². The zero-order valence-corrected chi connectivity index (χ0v) is 20.1. The van der Waals surface area contributed by atoms with E-state index in [-0.39, 0.29) is 16.9 Å². The molecule has 1 aliphatic rings. The van der Waals surface area contributed by atoms with Crippen LogP contribution in [-0.2, 0) is 23.1 Å². The Kier molecular flexibility index (Phi) is 6.03. The third-order valence-electron chi connectivity index (χ3n) is 6.20. The molecule has 0 spiro atoms. The molecule has 0 saturated heterocycles. The zero-order valence-electron chi connectivity index (χ0n) is 19.3. The molecule has 0 fully saturated rings. The lowest BCUT2D eigenvalue weighted by Gasteiger charge is -2.18. The van der Waals surface area contributed by atoms with Gasteiger partial charge < -0.3 is 0 Å². The van der Waals surface area contributed by atoms with Crippen molar-refractivity contribution < 1.29 is 4.79 Å². The lowest BCUT2D eigenvalue weighted by atomic mass is 9.87. The van der Waals surface area contributed by atoms with Gasteiger partial charge in [0.2, 0.25) is 0 Å². The van der Waals surface area contributed by atoms with Crippen LogP contribution in [0.3, 0.4) is 0 Å². The highest BCUT2D eigenvalue weighted by Crippen LogP contribution is 2.35. The van der Waals surface area contributed by atoms with Gasteiger partial charge in [0.25, 0.3) is 11.5 Å². The molecule has 2 heterocycles. The minimum absolute atomic E-state index is 0.0850. The van der Waals surface area contributed by atoms with E-state index in [1.165, 1.54) is 21.3 Å². The Balaban J connectivity index is 1.50. The van der Waals surface area contributed by atoms with E-state index in [0.717, 1.165) is 35.2 Å². The summed E-state index contributed by atoms with van der Waals surface area (Å²) < 4.78 is 1.41. The van der Waals surface area contributed by atoms with Gasteiger partial charge in [-0.1, -0.05) is 52.0 Å². The van der Waals surface area contributed by atoms with Crippen LogP contribution < -0.4 is 11.0 Å². The van der Waals surface area contributed by atoms with Crippen molar-refractivity contribution in [1.29, 1.82) is 0 Å². The predicted octanol–water partition coefficient (Wildman–Crippen LogP) is 4.59. The highest BCUT2D eigenvalue weighted by molar-refractivity contribution is 7.18. The van der Waals surface area contributed by atoms with Crippen LogP contribution >= 0.6 is 11.3 Å². The summed E-state index contributed by atoms with van der Waals surface area (Å²) in [5.74, 6) is 0.276. The Labute approximate surface area is 192 Å². The summed E-state index contributed by atoms with van der Waals surface area (Å²) in [7, 11) is 0. The average Bonchev–Trinajstić information content (AvgIpc) is 3.11. The van der Waals surface area contributed by atoms with Crippen LogP contribution in [0.25, 0.3) is 10.2 Å². The highest BCUT2D eigenvalue weighted by Gasteiger charge is 2.25. The summed E-state index contributed by atoms with van der Waals surface area (Å²) in [6.07, 6.45) is 6.06. The predicted molar refractivity (Wildman–Crippen MR) is 131 cm³/mol. The fraction of sp³-hybridized carbons (Fsp3) is 0.440. The van der Waals surface area contributed by atoms with Crippen LogP contribution in [0.4, 0.5) is 0 Å². The SMILES string of the molecule is CC1CCc2c(sc3ncn(C(C)C(=O)N/N=C\c4ccc(C(C)(C)C)cc4)c(=O)c23)C1. The van der Waals surface area contributed by atoms with E-state index < -0.39 is 6.04 Å². The fourth-order valence-electron chi connectivity index (χ4n) is 4.08.